The maximum absolute atomic E-state index is 13.5. The zero-order valence-corrected chi connectivity index (χ0v) is 17.2. The van der Waals surface area contributed by atoms with Gasteiger partial charge in [-0.2, -0.15) is 26.3 Å². The van der Waals surface area contributed by atoms with Gasteiger partial charge in [0.1, 0.15) is 29.1 Å². The lowest BCUT2D eigenvalue weighted by atomic mass is 10.0. The van der Waals surface area contributed by atoms with Gasteiger partial charge in [-0.25, -0.2) is 15.0 Å². The number of halogens is 7. The van der Waals surface area contributed by atoms with Crippen LogP contribution in [0.2, 0.25) is 5.02 Å². The highest BCUT2D eigenvalue weighted by Gasteiger charge is 2.39. The molecule has 1 amide bonds. The van der Waals surface area contributed by atoms with Gasteiger partial charge in [-0.1, -0.05) is 11.6 Å². The minimum absolute atomic E-state index is 0.151. The molecule has 3 aromatic heterocycles. The van der Waals surface area contributed by atoms with Crippen molar-refractivity contribution in [2.24, 2.45) is 0 Å². The molecule has 0 saturated carbocycles. The first-order valence-electron chi connectivity index (χ1n) is 8.88. The largest absolute Gasteiger partial charge is 0.421 e. The molecule has 172 valence electrons. The molecule has 3 heterocycles. The van der Waals surface area contributed by atoms with E-state index < -0.39 is 41.7 Å². The molecule has 0 radical (unpaired) electrons. The van der Waals surface area contributed by atoms with Crippen molar-refractivity contribution in [2.45, 2.75) is 31.7 Å². The van der Waals surface area contributed by atoms with Gasteiger partial charge in [0, 0.05) is 29.5 Å². The van der Waals surface area contributed by atoms with Gasteiger partial charge in [0.25, 0.3) is 0 Å². The fourth-order valence-corrected chi connectivity index (χ4v) is 2.89. The van der Waals surface area contributed by atoms with Gasteiger partial charge in [-0.3, -0.25) is 4.79 Å². The molecule has 7 nitrogen and oxygen atoms in total. The number of rotatable bonds is 5. The van der Waals surface area contributed by atoms with Crippen molar-refractivity contribution in [1.82, 2.24) is 25.3 Å². The number of aromatic nitrogens is 4. The van der Waals surface area contributed by atoms with Crippen molar-refractivity contribution >= 4 is 34.4 Å². The van der Waals surface area contributed by atoms with Crippen LogP contribution in [0.4, 0.5) is 32.2 Å². The van der Waals surface area contributed by atoms with E-state index in [9.17, 15) is 31.1 Å². The Labute approximate surface area is 181 Å². The van der Waals surface area contributed by atoms with Gasteiger partial charge >= 0.3 is 12.4 Å². The van der Waals surface area contributed by atoms with E-state index in [1.165, 1.54) is 18.5 Å². The lowest BCUT2D eigenvalue weighted by Crippen LogP contribution is -2.50. The third kappa shape index (κ3) is 5.21. The summed E-state index contributed by atoms with van der Waals surface area (Å²) in [5.41, 5.74) is -2.50. The molecule has 3 rings (SSSR count). The molecule has 3 aromatic rings. The number of H-pyrrole nitrogens is 1. The van der Waals surface area contributed by atoms with E-state index in [-0.39, 0.29) is 16.4 Å². The molecule has 0 fully saturated rings. The van der Waals surface area contributed by atoms with Gasteiger partial charge in [-0.15, -0.1) is 0 Å². The van der Waals surface area contributed by atoms with E-state index in [2.05, 4.69) is 25.3 Å². The second-order valence-electron chi connectivity index (χ2n) is 7.25. The Bertz CT molecular complexity index is 1160. The second-order valence-corrected chi connectivity index (χ2v) is 7.69. The van der Waals surface area contributed by atoms with Crippen LogP contribution in [-0.4, -0.2) is 44.1 Å². The van der Waals surface area contributed by atoms with Crippen LogP contribution in [-0.2, 0) is 11.0 Å². The minimum atomic E-state index is -4.90. The zero-order chi connectivity index (χ0) is 23.9. The second kappa shape index (κ2) is 8.11. The van der Waals surface area contributed by atoms with Crippen LogP contribution >= 0.6 is 11.6 Å². The summed E-state index contributed by atoms with van der Waals surface area (Å²) in [5, 5.41) is 4.63. The Hall–Kier alpha value is -3.09. The average Bonchev–Trinajstić information content (AvgIpc) is 3.07. The van der Waals surface area contributed by atoms with Crippen molar-refractivity contribution in [2.75, 3.05) is 11.9 Å². The lowest BCUT2D eigenvalue weighted by Gasteiger charge is -2.27. The van der Waals surface area contributed by atoms with Crippen LogP contribution in [0.5, 0.6) is 0 Å². The van der Waals surface area contributed by atoms with Gasteiger partial charge in [0.2, 0.25) is 5.91 Å². The number of pyridine rings is 1. The highest BCUT2D eigenvalue weighted by Crippen LogP contribution is 2.36. The molecule has 3 N–H and O–H groups in total. The average molecular weight is 481 g/mol. The topological polar surface area (TPSA) is 95.6 Å². The zero-order valence-electron chi connectivity index (χ0n) is 16.4. The molecule has 0 atom stereocenters. The maximum Gasteiger partial charge on any atom is 0.421 e. The smallest absolute Gasteiger partial charge is 0.356 e. The van der Waals surface area contributed by atoms with Crippen molar-refractivity contribution in [3.05, 3.63) is 35.2 Å². The molecule has 32 heavy (non-hydrogen) atoms. The fourth-order valence-electron chi connectivity index (χ4n) is 2.73. The van der Waals surface area contributed by atoms with Crippen LogP contribution in [0.15, 0.2) is 24.7 Å². The molecular weight excluding hydrogens is 466 g/mol. The lowest BCUT2D eigenvalue weighted by molar-refractivity contribution is -0.140. The molecule has 0 aliphatic rings. The van der Waals surface area contributed by atoms with E-state index in [1.54, 1.807) is 5.32 Å². The summed E-state index contributed by atoms with van der Waals surface area (Å²) in [6, 6.07) is 1.51. The summed E-state index contributed by atoms with van der Waals surface area (Å²) in [7, 11) is 0. The first kappa shape index (κ1) is 23.6. The molecule has 0 spiro atoms. The Kier molecular flexibility index (Phi) is 5.98. The maximum atomic E-state index is 13.5. The number of fused-ring (bicyclic) bond motifs is 1. The number of nitrogens with zero attached hydrogens (tertiary/aromatic N) is 3. The van der Waals surface area contributed by atoms with E-state index in [0.29, 0.717) is 17.2 Å². The SMILES string of the molecule is CC(C)(Nc1nc(-c2c[nH]c3ncc(Cl)cc23)ncc1C(F)(F)F)C(=O)NCC(F)(F)F. The standard InChI is InChI=1S/C18H15ClF6N6O/c1-16(2,15(32)29-7-17(20,21)22)31-14-11(18(23,24)25)6-28-13(30-14)10-5-27-12-9(10)3-8(19)4-26-12/h3-6H,7H2,1-2H3,(H,26,27)(H,29,32)(H,28,30,31). The molecule has 0 aliphatic heterocycles. The van der Waals surface area contributed by atoms with Crippen molar-refractivity contribution < 1.29 is 31.1 Å². The number of carbonyl (C=O) groups is 1. The number of anilines is 1. The predicted octanol–water partition coefficient (Wildman–Crippen LogP) is 4.56. The molecule has 0 saturated heterocycles. The highest BCUT2D eigenvalue weighted by atomic mass is 35.5. The van der Waals surface area contributed by atoms with Gasteiger partial charge in [-0.05, 0) is 19.9 Å². The monoisotopic (exact) mass is 480 g/mol. The summed E-state index contributed by atoms with van der Waals surface area (Å²) in [5.74, 6) is -2.10. The molecule has 0 unspecified atom stereocenters. The summed E-state index contributed by atoms with van der Waals surface area (Å²) >= 11 is 5.93. The molecule has 0 aromatic carbocycles. The number of amides is 1. The fraction of sp³-hybridized carbons (Fsp3) is 0.333. The van der Waals surface area contributed by atoms with Crippen molar-refractivity contribution in [3.8, 4) is 11.4 Å². The summed E-state index contributed by atoms with van der Waals surface area (Å²) in [6.45, 7) is 0.604. The Morgan fingerprint density at radius 3 is 2.44 bits per heavy atom. The van der Waals surface area contributed by atoms with Gasteiger partial charge in [0.15, 0.2) is 5.82 Å². The number of alkyl halides is 6. The number of hydrogen-bond acceptors (Lipinski definition) is 5. The van der Waals surface area contributed by atoms with Crippen LogP contribution in [0.25, 0.3) is 22.4 Å². The van der Waals surface area contributed by atoms with Crippen molar-refractivity contribution in [3.63, 3.8) is 0 Å². The minimum Gasteiger partial charge on any atom is -0.356 e. The summed E-state index contributed by atoms with van der Waals surface area (Å²) in [6.07, 6.45) is -6.28. The van der Waals surface area contributed by atoms with E-state index in [0.717, 1.165) is 13.8 Å². The third-order valence-electron chi connectivity index (χ3n) is 4.28. The Morgan fingerprint density at radius 2 is 1.81 bits per heavy atom. The number of hydrogen-bond donors (Lipinski definition) is 3. The highest BCUT2D eigenvalue weighted by molar-refractivity contribution is 6.31. The van der Waals surface area contributed by atoms with E-state index >= 15 is 0 Å². The Balaban J connectivity index is 2.01. The van der Waals surface area contributed by atoms with Gasteiger partial charge in [0.05, 0.1) is 5.02 Å². The van der Waals surface area contributed by atoms with Gasteiger partial charge < -0.3 is 15.6 Å². The quantitative estimate of drug-likeness (QED) is 0.465. The number of nitrogens with one attached hydrogen (secondary N) is 3. The third-order valence-corrected chi connectivity index (χ3v) is 4.49. The van der Waals surface area contributed by atoms with Crippen LogP contribution in [0, 0.1) is 0 Å². The normalized spacial score (nSPS) is 12.8. The molecule has 14 heteroatoms. The van der Waals surface area contributed by atoms with E-state index in [4.69, 9.17) is 11.6 Å². The molecule has 0 bridgehead atoms. The van der Waals surface area contributed by atoms with E-state index in [1.807, 2.05) is 0 Å². The first-order chi connectivity index (χ1) is 14.7. The Morgan fingerprint density at radius 1 is 1.12 bits per heavy atom. The number of carbonyl (C=O) groups excluding carboxylic acids is 1. The summed E-state index contributed by atoms with van der Waals surface area (Å²) < 4.78 is 77.7. The van der Waals surface area contributed by atoms with Crippen LogP contribution in [0.1, 0.15) is 19.4 Å². The molecule has 0 aliphatic carbocycles. The van der Waals surface area contributed by atoms with Crippen LogP contribution in [0.3, 0.4) is 0 Å². The summed E-state index contributed by atoms with van der Waals surface area (Å²) in [4.78, 5) is 26.7. The number of aromatic amines is 1. The first-order valence-corrected chi connectivity index (χ1v) is 9.25. The van der Waals surface area contributed by atoms with Crippen LogP contribution < -0.4 is 10.6 Å². The van der Waals surface area contributed by atoms with Crippen molar-refractivity contribution in [1.29, 1.82) is 0 Å². The predicted molar refractivity (Wildman–Crippen MR) is 104 cm³/mol. The molecular formula is C18H15ClF6N6O.